The van der Waals surface area contributed by atoms with Crippen LogP contribution in [0.15, 0.2) is 12.3 Å². The van der Waals surface area contributed by atoms with Gasteiger partial charge in [0.05, 0.1) is 5.02 Å². The highest BCUT2D eigenvalue weighted by atomic mass is 35.5. The molecule has 1 atom stereocenters. The van der Waals surface area contributed by atoms with Crippen molar-refractivity contribution in [2.24, 2.45) is 0 Å². The van der Waals surface area contributed by atoms with Gasteiger partial charge in [-0.05, 0) is 12.3 Å². The van der Waals surface area contributed by atoms with Crippen LogP contribution in [-0.4, -0.2) is 17.1 Å². The number of hydrogen-bond acceptors (Lipinski definition) is 3. The second-order valence-electron chi connectivity index (χ2n) is 2.80. The third kappa shape index (κ3) is 1.29. The summed E-state index contributed by atoms with van der Waals surface area (Å²) in [4.78, 5) is 15.5. The summed E-state index contributed by atoms with van der Waals surface area (Å²) in [6, 6.07) is 1.66. The lowest BCUT2D eigenvalue weighted by atomic mass is 10.2. The number of carbonyl (C=O) groups is 1. The molecule has 2 rings (SSSR count). The maximum Gasteiger partial charge on any atom is 0.261 e. The highest BCUT2D eigenvalue weighted by Gasteiger charge is 2.45. The number of rotatable bonds is 1. The maximum atomic E-state index is 11.5. The molecule has 0 saturated heterocycles. The molecule has 1 aromatic heterocycles. The van der Waals surface area contributed by atoms with E-state index in [0.717, 1.165) is 0 Å². The van der Waals surface area contributed by atoms with E-state index >= 15 is 0 Å². The fourth-order valence-corrected chi connectivity index (χ4v) is 2.26. The van der Waals surface area contributed by atoms with Crippen molar-refractivity contribution >= 4 is 46.7 Å². The molecule has 0 bridgehead atoms. The van der Waals surface area contributed by atoms with E-state index in [2.05, 4.69) is 10.3 Å². The lowest BCUT2D eigenvalue weighted by Gasteiger charge is -2.15. The maximum absolute atomic E-state index is 11.5. The molecule has 1 aliphatic rings. The molecule has 14 heavy (non-hydrogen) atoms. The summed E-state index contributed by atoms with van der Waals surface area (Å²) in [6.45, 7) is 0. The molecule has 0 aromatic carbocycles. The topological polar surface area (TPSA) is 42.0 Å². The van der Waals surface area contributed by atoms with Crippen LogP contribution in [0.1, 0.15) is 5.56 Å². The Morgan fingerprint density at radius 2 is 2.36 bits per heavy atom. The molecule has 1 aliphatic heterocycles. The number of amides is 1. The van der Waals surface area contributed by atoms with E-state index in [1.54, 1.807) is 12.3 Å². The van der Waals surface area contributed by atoms with Gasteiger partial charge >= 0.3 is 0 Å². The van der Waals surface area contributed by atoms with Crippen LogP contribution in [0.2, 0.25) is 5.02 Å². The van der Waals surface area contributed by atoms with E-state index in [1.807, 2.05) is 0 Å². The van der Waals surface area contributed by atoms with E-state index in [1.165, 1.54) is 18.0 Å². The van der Waals surface area contributed by atoms with Crippen LogP contribution < -0.4 is 5.32 Å². The number of nitrogens with zero attached hydrogens (tertiary/aromatic N) is 1. The first-order valence-electron chi connectivity index (χ1n) is 3.79. The lowest BCUT2D eigenvalue weighted by molar-refractivity contribution is -0.116. The zero-order chi connectivity index (χ0) is 10.3. The van der Waals surface area contributed by atoms with Gasteiger partial charge in [-0.25, -0.2) is 4.98 Å². The second-order valence-corrected chi connectivity index (χ2v) is 5.05. The van der Waals surface area contributed by atoms with Crippen LogP contribution in [0, 0.1) is 0 Å². The number of pyridine rings is 1. The largest absolute Gasteiger partial charge is 0.308 e. The SMILES string of the molecule is CS[C@]1(Cl)C(=O)Nc2ncc(Cl)cc21. The Balaban J connectivity index is 2.61. The molecule has 2 heterocycles. The number of halogens is 2. The van der Waals surface area contributed by atoms with Crippen molar-refractivity contribution in [1.29, 1.82) is 0 Å². The van der Waals surface area contributed by atoms with Crippen molar-refractivity contribution in [1.82, 2.24) is 4.98 Å². The van der Waals surface area contributed by atoms with Crippen molar-refractivity contribution in [3.8, 4) is 0 Å². The van der Waals surface area contributed by atoms with Crippen molar-refractivity contribution in [3.05, 3.63) is 22.8 Å². The summed E-state index contributed by atoms with van der Waals surface area (Å²) in [5.74, 6) is 0.222. The Bertz CT molecular complexity index is 412. The molecular weight excluding hydrogens is 243 g/mol. The molecule has 0 saturated carbocycles. The van der Waals surface area contributed by atoms with Crippen LogP contribution >= 0.6 is 35.0 Å². The molecule has 74 valence electrons. The molecule has 1 amide bonds. The van der Waals surface area contributed by atoms with E-state index in [9.17, 15) is 4.79 Å². The summed E-state index contributed by atoms with van der Waals surface area (Å²) in [6.07, 6.45) is 3.24. The second kappa shape index (κ2) is 3.29. The first-order chi connectivity index (χ1) is 6.58. The number of thioether (sulfide) groups is 1. The van der Waals surface area contributed by atoms with Crippen LogP contribution in [0.3, 0.4) is 0 Å². The van der Waals surface area contributed by atoms with E-state index in [0.29, 0.717) is 16.4 Å². The predicted octanol–water partition coefficient (Wildman–Crippen LogP) is 2.44. The normalized spacial score (nSPS) is 24.6. The van der Waals surface area contributed by atoms with Gasteiger partial charge in [-0.1, -0.05) is 23.2 Å². The van der Waals surface area contributed by atoms with E-state index in [4.69, 9.17) is 23.2 Å². The number of carbonyl (C=O) groups excluding carboxylic acids is 1. The molecule has 1 aromatic rings. The minimum atomic E-state index is -1.09. The minimum Gasteiger partial charge on any atom is -0.308 e. The Kier molecular flexibility index (Phi) is 2.37. The Morgan fingerprint density at radius 3 is 3.00 bits per heavy atom. The van der Waals surface area contributed by atoms with Crippen LogP contribution in [0.4, 0.5) is 5.82 Å². The third-order valence-electron chi connectivity index (χ3n) is 2.01. The molecule has 0 fully saturated rings. The zero-order valence-corrected chi connectivity index (χ0v) is 9.50. The Labute approximate surface area is 95.2 Å². The number of fused-ring (bicyclic) bond motifs is 1. The van der Waals surface area contributed by atoms with Gasteiger partial charge < -0.3 is 5.32 Å². The number of hydrogen-bond donors (Lipinski definition) is 1. The van der Waals surface area contributed by atoms with E-state index < -0.39 is 4.21 Å². The van der Waals surface area contributed by atoms with Gasteiger partial charge in [0.1, 0.15) is 5.82 Å². The standard InChI is InChI=1S/C8H6Cl2N2OS/c1-14-8(10)5-2-4(9)3-11-6(5)12-7(8)13/h2-3H,1H3,(H,11,12,13)/t8-/m0/s1. The summed E-state index contributed by atoms with van der Waals surface area (Å²) < 4.78 is -1.09. The van der Waals surface area contributed by atoms with Crippen LogP contribution in [0.25, 0.3) is 0 Å². The lowest BCUT2D eigenvalue weighted by Crippen LogP contribution is -2.23. The van der Waals surface area contributed by atoms with Gasteiger partial charge in [-0.15, -0.1) is 11.8 Å². The average Bonchev–Trinajstić information content (AvgIpc) is 2.41. The highest BCUT2D eigenvalue weighted by Crippen LogP contribution is 2.47. The monoisotopic (exact) mass is 248 g/mol. The zero-order valence-electron chi connectivity index (χ0n) is 7.17. The number of alkyl halides is 1. The van der Waals surface area contributed by atoms with Crippen molar-refractivity contribution < 1.29 is 4.79 Å². The van der Waals surface area contributed by atoms with Crippen LogP contribution in [0.5, 0.6) is 0 Å². The number of nitrogens with one attached hydrogen (secondary N) is 1. The molecular formula is C8H6Cl2N2OS. The quantitative estimate of drug-likeness (QED) is 0.777. The van der Waals surface area contributed by atoms with Gasteiger partial charge in [-0.3, -0.25) is 4.79 Å². The molecule has 6 heteroatoms. The summed E-state index contributed by atoms with van der Waals surface area (Å²) in [5, 5.41) is 3.08. The van der Waals surface area contributed by atoms with E-state index in [-0.39, 0.29) is 5.91 Å². The Morgan fingerprint density at radius 1 is 1.64 bits per heavy atom. The van der Waals surface area contributed by atoms with Crippen LogP contribution in [-0.2, 0) is 9.00 Å². The summed E-state index contributed by atoms with van der Waals surface area (Å²) in [5.41, 5.74) is 0.629. The minimum absolute atomic E-state index is 0.267. The van der Waals surface area contributed by atoms with Crippen molar-refractivity contribution in [2.45, 2.75) is 4.21 Å². The number of aromatic nitrogens is 1. The van der Waals surface area contributed by atoms with Gasteiger partial charge in [0.25, 0.3) is 5.91 Å². The molecule has 0 unspecified atom stereocenters. The third-order valence-corrected chi connectivity index (χ3v) is 4.02. The van der Waals surface area contributed by atoms with Crippen molar-refractivity contribution in [3.63, 3.8) is 0 Å². The predicted molar refractivity (Wildman–Crippen MR) is 58.9 cm³/mol. The fourth-order valence-electron chi connectivity index (χ4n) is 1.30. The first kappa shape index (κ1) is 10.1. The fraction of sp³-hybridized carbons (Fsp3) is 0.250. The molecule has 1 N–H and O–H groups in total. The summed E-state index contributed by atoms with van der Waals surface area (Å²) >= 11 is 13.2. The molecule has 3 nitrogen and oxygen atoms in total. The smallest absolute Gasteiger partial charge is 0.261 e. The number of anilines is 1. The Hall–Kier alpha value is -0.450. The average molecular weight is 249 g/mol. The van der Waals surface area contributed by atoms with Crippen molar-refractivity contribution in [2.75, 3.05) is 11.6 Å². The first-order valence-corrected chi connectivity index (χ1v) is 5.77. The van der Waals surface area contributed by atoms with Gasteiger partial charge in [0, 0.05) is 11.8 Å². The van der Waals surface area contributed by atoms with Gasteiger partial charge in [-0.2, -0.15) is 0 Å². The summed E-state index contributed by atoms with van der Waals surface area (Å²) in [7, 11) is 0. The van der Waals surface area contributed by atoms with Gasteiger partial charge in [0.15, 0.2) is 4.21 Å². The molecule has 0 radical (unpaired) electrons. The molecule has 0 spiro atoms. The highest BCUT2D eigenvalue weighted by molar-refractivity contribution is 8.01. The molecule has 0 aliphatic carbocycles. The van der Waals surface area contributed by atoms with Gasteiger partial charge in [0.2, 0.25) is 0 Å².